The van der Waals surface area contributed by atoms with Crippen LogP contribution in [0.25, 0.3) is 0 Å². The van der Waals surface area contributed by atoms with Crippen LogP contribution in [-0.4, -0.2) is 17.0 Å². The van der Waals surface area contributed by atoms with Gasteiger partial charge in [-0.2, -0.15) is 0 Å². The number of hydrogen-bond acceptors (Lipinski definition) is 2. The summed E-state index contributed by atoms with van der Waals surface area (Å²) in [5.74, 6) is 4.31. The average molecular weight is 231 g/mol. The Morgan fingerprint density at radius 1 is 1.41 bits per heavy atom. The lowest BCUT2D eigenvalue weighted by atomic mass is 10.2. The number of aromatic carboxylic acids is 1. The molecule has 0 heterocycles. The second-order valence-corrected chi connectivity index (χ2v) is 3.36. The van der Waals surface area contributed by atoms with Gasteiger partial charge in [0.1, 0.15) is 0 Å². The largest absolute Gasteiger partial charge is 0.478 e. The van der Waals surface area contributed by atoms with Gasteiger partial charge in [-0.3, -0.25) is 4.79 Å². The number of rotatable bonds is 4. The van der Waals surface area contributed by atoms with Crippen molar-refractivity contribution in [2.45, 2.75) is 19.8 Å². The molecule has 1 amide bonds. The van der Waals surface area contributed by atoms with Crippen molar-refractivity contribution in [3.8, 4) is 11.8 Å². The molecule has 2 N–H and O–H groups in total. The second kappa shape index (κ2) is 6.33. The summed E-state index contributed by atoms with van der Waals surface area (Å²) in [4.78, 5) is 22.2. The first-order valence-electron chi connectivity index (χ1n) is 5.16. The highest BCUT2D eigenvalue weighted by Gasteiger charge is 2.05. The lowest BCUT2D eigenvalue weighted by molar-refractivity contribution is -0.116. The number of benzene rings is 1. The quantitative estimate of drug-likeness (QED) is 0.780. The number of anilines is 1. The molecule has 0 saturated carbocycles. The highest BCUT2D eigenvalue weighted by molar-refractivity contribution is 5.93. The third-order valence-corrected chi connectivity index (χ3v) is 2.05. The monoisotopic (exact) mass is 231 g/mol. The van der Waals surface area contributed by atoms with Crippen LogP contribution in [0, 0.1) is 11.8 Å². The normalized spacial score (nSPS) is 9.00. The Labute approximate surface area is 99.7 Å². The highest BCUT2D eigenvalue weighted by Crippen LogP contribution is 2.11. The van der Waals surface area contributed by atoms with Gasteiger partial charge in [0.25, 0.3) is 0 Å². The Kier molecular flexibility index (Phi) is 4.77. The molecular formula is C13H13NO3. The molecule has 0 spiro atoms. The van der Waals surface area contributed by atoms with Crippen LogP contribution in [0.4, 0.5) is 5.69 Å². The molecule has 0 aliphatic carbocycles. The maximum absolute atomic E-state index is 11.4. The van der Waals surface area contributed by atoms with Gasteiger partial charge in [0.2, 0.25) is 5.91 Å². The summed E-state index contributed by atoms with van der Waals surface area (Å²) in [6.45, 7) is 1.72. The predicted molar refractivity (Wildman–Crippen MR) is 64.7 cm³/mol. The van der Waals surface area contributed by atoms with Crippen molar-refractivity contribution in [3.63, 3.8) is 0 Å². The Morgan fingerprint density at radius 2 is 2.18 bits per heavy atom. The van der Waals surface area contributed by atoms with Gasteiger partial charge in [0.05, 0.1) is 5.56 Å². The number of amides is 1. The topological polar surface area (TPSA) is 66.4 Å². The minimum Gasteiger partial charge on any atom is -0.478 e. The molecule has 4 heteroatoms. The Hall–Kier alpha value is -2.28. The van der Waals surface area contributed by atoms with E-state index in [-0.39, 0.29) is 11.5 Å². The lowest BCUT2D eigenvalue weighted by Gasteiger charge is -2.04. The van der Waals surface area contributed by atoms with Gasteiger partial charge in [-0.15, -0.1) is 11.8 Å². The van der Waals surface area contributed by atoms with Gasteiger partial charge in [-0.25, -0.2) is 4.79 Å². The number of nitrogens with one attached hydrogen (secondary N) is 1. The standard InChI is InChI=1S/C13H13NO3/c1-2-3-4-8-12(15)14-11-7-5-6-10(9-11)13(16)17/h5-7,9H,4,8H2,1H3,(H,14,15)(H,16,17). The molecule has 0 bridgehead atoms. The van der Waals surface area contributed by atoms with Crippen molar-refractivity contribution >= 4 is 17.6 Å². The van der Waals surface area contributed by atoms with E-state index >= 15 is 0 Å². The first kappa shape index (κ1) is 12.8. The summed E-state index contributed by atoms with van der Waals surface area (Å²) in [7, 11) is 0. The van der Waals surface area contributed by atoms with Crippen LogP contribution in [-0.2, 0) is 4.79 Å². The third kappa shape index (κ3) is 4.39. The zero-order valence-corrected chi connectivity index (χ0v) is 9.49. The van der Waals surface area contributed by atoms with Gasteiger partial charge < -0.3 is 10.4 Å². The smallest absolute Gasteiger partial charge is 0.335 e. The van der Waals surface area contributed by atoms with Gasteiger partial charge in [0.15, 0.2) is 0 Å². The van der Waals surface area contributed by atoms with Crippen molar-refractivity contribution < 1.29 is 14.7 Å². The lowest BCUT2D eigenvalue weighted by Crippen LogP contribution is -2.11. The number of carboxylic acid groups (broad SMARTS) is 1. The predicted octanol–water partition coefficient (Wildman–Crippen LogP) is 2.13. The van der Waals surface area contributed by atoms with E-state index in [0.29, 0.717) is 18.5 Å². The van der Waals surface area contributed by atoms with Crippen molar-refractivity contribution in [3.05, 3.63) is 29.8 Å². The van der Waals surface area contributed by atoms with E-state index in [1.54, 1.807) is 19.1 Å². The minimum absolute atomic E-state index is 0.149. The summed E-state index contributed by atoms with van der Waals surface area (Å²) in [5, 5.41) is 11.4. The molecule has 1 aromatic carbocycles. The zero-order valence-electron chi connectivity index (χ0n) is 9.49. The van der Waals surface area contributed by atoms with E-state index in [9.17, 15) is 9.59 Å². The van der Waals surface area contributed by atoms with Gasteiger partial charge in [-0.1, -0.05) is 6.07 Å². The van der Waals surface area contributed by atoms with E-state index in [1.165, 1.54) is 12.1 Å². The molecule has 0 saturated heterocycles. The second-order valence-electron chi connectivity index (χ2n) is 3.36. The van der Waals surface area contributed by atoms with Crippen molar-refractivity contribution in [1.82, 2.24) is 0 Å². The van der Waals surface area contributed by atoms with Crippen LogP contribution in [0.5, 0.6) is 0 Å². The van der Waals surface area contributed by atoms with Crippen LogP contribution in [0.15, 0.2) is 24.3 Å². The number of carboxylic acids is 1. The zero-order chi connectivity index (χ0) is 12.7. The fourth-order valence-corrected chi connectivity index (χ4v) is 1.25. The summed E-state index contributed by atoms with van der Waals surface area (Å²) in [5.41, 5.74) is 0.635. The summed E-state index contributed by atoms with van der Waals surface area (Å²) in [6.07, 6.45) is 0.805. The maximum atomic E-state index is 11.4. The summed E-state index contributed by atoms with van der Waals surface area (Å²) >= 11 is 0. The van der Waals surface area contributed by atoms with Crippen LogP contribution < -0.4 is 5.32 Å². The van der Waals surface area contributed by atoms with Crippen molar-refractivity contribution in [2.24, 2.45) is 0 Å². The van der Waals surface area contributed by atoms with E-state index < -0.39 is 5.97 Å². The molecule has 0 aromatic heterocycles. The molecule has 1 rings (SSSR count). The van der Waals surface area contributed by atoms with E-state index in [2.05, 4.69) is 17.2 Å². The van der Waals surface area contributed by atoms with Crippen molar-refractivity contribution in [2.75, 3.05) is 5.32 Å². The van der Waals surface area contributed by atoms with Gasteiger partial charge in [0, 0.05) is 18.5 Å². The molecule has 4 nitrogen and oxygen atoms in total. The molecular weight excluding hydrogens is 218 g/mol. The van der Waals surface area contributed by atoms with E-state index in [4.69, 9.17) is 5.11 Å². The SMILES string of the molecule is CC#CCCC(=O)Nc1cccc(C(=O)O)c1. The Morgan fingerprint density at radius 3 is 2.82 bits per heavy atom. The van der Waals surface area contributed by atoms with Crippen LogP contribution in [0.2, 0.25) is 0 Å². The maximum Gasteiger partial charge on any atom is 0.335 e. The highest BCUT2D eigenvalue weighted by atomic mass is 16.4. The number of carbonyl (C=O) groups is 2. The summed E-state index contributed by atoms with van der Waals surface area (Å²) < 4.78 is 0. The Balaban J connectivity index is 2.61. The molecule has 88 valence electrons. The van der Waals surface area contributed by atoms with Crippen LogP contribution in [0.3, 0.4) is 0 Å². The van der Waals surface area contributed by atoms with E-state index in [0.717, 1.165) is 0 Å². The average Bonchev–Trinajstić information content (AvgIpc) is 2.29. The number of hydrogen-bond donors (Lipinski definition) is 2. The molecule has 0 unspecified atom stereocenters. The van der Waals surface area contributed by atoms with Gasteiger partial charge in [-0.05, 0) is 25.1 Å². The first-order chi connectivity index (χ1) is 8.13. The fraction of sp³-hybridized carbons (Fsp3) is 0.231. The van der Waals surface area contributed by atoms with Gasteiger partial charge >= 0.3 is 5.97 Å². The molecule has 0 radical (unpaired) electrons. The minimum atomic E-state index is -1.02. The third-order valence-electron chi connectivity index (χ3n) is 2.05. The molecule has 0 aliphatic rings. The molecule has 0 aliphatic heterocycles. The Bertz CT molecular complexity index is 483. The van der Waals surface area contributed by atoms with Crippen molar-refractivity contribution in [1.29, 1.82) is 0 Å². The fourth-order valence-electron chi connectivity index (χ4n) is 1.25. The first-order valence-corrected chi connectivity index (χ1v) is 5.16. The summed E-state index contributed by atoms with van der Waals surface area (Å²) in [6, 6.07) is 6.13. The molecule has 1 aromatic rings. The molecule has 0 atom stereocenters. The van der Waals surface area contributed by atoms with E-state index in [1.807, 2.05) is 0 Å². The molecule has 0 fully saturated rings. The molecule has 17 heavy (non-hydrogen) atoms. The van der Waals surface area contributed by atoms with Crippen LogP contribution >= 0.6 is 0 Å². The number of carbonyl (C=O) groups excluding carboxylic acids is 1. The van der Waals surface area contributed by atoms with Crippen LogP contribution in [0.1, 0.15) is 30.1 Å².